The van der Waals surface area contributed by atoms with Gasteiger partial charge in [0.05, 0.1) is 6.54 Å². The molecule has 0 aromatic heterocycles. The summed E-state index contributed by atoms with van der Waals surface area (Å²) in [4.78, 5) is 35.8. The Hall–Kier alpha value is -3.39. The van der Waals surface area contributed by atoms with Gasteiger partial charge in [0.1, 0.15) is 6.61 Å². The summed E-state index contributed by atoms with van der Waals surface area (Å²) in [6, 6.07) is 16.3. The highest BCUT2D eigenvalue weighted by Crippen LogP contribution is 2.44. The number of carbonyl (C=O) groups is 3. The van der Waals surface area contributed by atoms with Crippen LogP contribution in [0.25, 0.3) is 11.1 Å². The Labute approximate surface area is 198 Å². The number of aliphatic carboxylic acids is 1. The number of fused-ring (bicyclic) bond motifs is 3. The summed E-state index contributed by atoms with van der Waals surface area (Å²) in [6.45, 7) is 0.189. The molecule has 4 rings (SSSR count). The summed E-state index contributed by atoms with van der Waals surface area (Å²) in [7, 11) is 0. The van der Waals surface area contributed by atoms with Gasteiger partial charge in [-0.2, -0.15) is 0 Å². The fraction of sp³-hybridized carbons (Fsp3) is 0.423. The maximum atomic E-state index is 12.6. The highest BCUT2D eigenvalue weighted by atomic mass is 16.5. The summed E-state index contributed by atoms with van der Waals surface area (Å²) in [5.41, 5.74) is 4.61. The van der Waals surface area contributed by atoms with Crippen LogP contribution in [-0.4, -0.2) is 54.0 Å². The normalized spacial score (nSPS) is 20.0. The number of carbonyl (C=O) groups excluding carboxylic acids is 2. The first kappa shape index (κ1) is 23.8. The lowest BCUT2D eigenvalue weighted by atomic mass is 9.78. The number of hydrogen-bond donors (Lipinski definition) is 4. The van der Waals surface area contributed by atoms with Gasteiger partial charge in [-0.05, 0) is 41.0 Å². The number of hydrogen-bond acceptors (Lipinski definition) is 5. The standard InChI is InChI=1S/C26H30N2O6/c29-23(25(31)32)14-27-24(30)17-8-2-1-7-16(17)13-28-26(33)34-15-22-20-11-5-3-9-18(20)19-10-4-6-12-21(19)22/h3-6,9-12,16-17,22-23,29H,1-2,7-8,13-15H2,(H,27,30)(H,28,33)(H,31,32)/t16-,17-,23?/m0/s1. The molecule has 1 unspecified atom stereocenters. The molecule has 0 spiro atoms. The monoisotopic (exact) mass is 466 g/mol. The van der Waals surface area contributed by atoms with Gasteiger partial charge in [0.2, 0.25) is 5.91 Å². The maximum Gasteiger partial charge on any atom is 0.407 e. The van der Waals surface area contributed by atoms with Crippen molar-refractivity contribution in [3.8, 4) is 11.1 Å². The van der Waals surface area contributed by atoms with Gasteiger partial charge in [-0.3, -0.25) is 4.79 Å². The van der Waals surface area contributed by atoms with E-state index in [1.54, 1.807) is 0 Å². The van der Waals surface area contributed by atoms with E-state index in [0.29, 0.717) is 13.0 Å². The molecule has 0 radical (unpaired) electrons. The molecule has 3 atom stereocenters. The number of rotatable bonds is 8. The predicted octanol–water partition coefficient (Wildman–Crippen LogP) is 2.89. The molecule has 0 saturated heterocycles. The van der Waals surface area contributed by atoms with Crippen LogP contribution < -0.4 is 10.6 Å². The van der Waals surface area contributed by atoms with Gasteiger partial charge in [0, 0.05) is 18.4 Å². The van der Waals surface area contributed by atoms with E-state index in [2.05, 4.69) is 34.9 Å². The lowest BCUT2D eigenvalue weighted by molar-refractivity contribution is -0.146. The average molecular weight is 467 g/mol. The molecule has 0 aliphatic heterocycles. The second-order valence-electron chi connectivity index (χ2n) is 8.96. The molecule has 1 fully saturated rings. The van der Waals surface area contributed by atoms with E-state index < -0.39 is 18.2 Å². The summed E-state index contributed by atoms with van der Waals surface area (Å²) in [5, 5.41) is 23.5. The van der Waals surface area contributed by atoms with E-state index in [4.69, 9.17) is 9.84 Å². The second-order valence-corrected chi connectivity index (χ2v) is 8.96. The largest absolute Gasteiger partial charge is 0.479 e. The molecule has 180 valence electrons. The minimum absolute atomic E-state index is 0.0213. The SMILES string of the molecule is O=C(NC[C@@H]1CCCC[C@@H]1C(=O)NCC(O)C(=O)O)OCC1c2ccccc2-c2ccccc21. The smallest absolute Gasteiger partial charge is 0.407 e. The van der Waals surface area contributed by atoms with Gasteiger partial charge >= 0.3 is 12.1 Å². The Morgan fingerprint density at radius 1 is 0.941 bits per heavy atom. The Kier molecular flexibility index (Phi) is 7.47. The van der Waals surface area contributed by atoms with Gasteiger partial charge < -0.3 is 25.6 Å². The summed E-state index contributed by atoms with van der Waals surface area (Å²) >= 11 is 0. The Bertz CT molecular complexity index is 1010. The molecule has 2 aromatic rings. The van der Waals surface area contributed by atoms with Crippen molar-refractivity contribution in [2.75, 3.05) is 19.7 Å². The van der Waals surface area contributed by atoms with Crippen LogP contribution in [0.3, 0.4) is 0 Å². The molecular weight excluding hydrogens is 436 g/mol. The lowest BCUT2D eigenvalue weighted by Gasteiger charge is -2.30. The van der Waals surface area contributed by atoms with Gasteiger partial charge in [0.15, 0.2) is 6.10 Å². The van der Waals surface area contributed by atoms with Crippen molar-refractivity contribution in [1.82, 2.24) is 10.6 Å². The zero-order valence-electron chi connectivity index (χ0n) is 18.9. The van der Waals surface area contributed by atoms with Gasteiger partial charge in [0.25, 0.3) is 0 Å². The van der Waals surface area contributed by atoms with E-state index in [0.717, 1.165) is 41.5 Å². The molecule has 0 bridgehead atoms. The second kappa shape index (κ2) is 10.7. The van der Waals surface area contributed by atoms with Crippen LogP contribution in [0.15, 0.2) is 48.5 Å². The third-order valence-corrected chi connectivity index (χ3v) is 6.85. The maximum absolute atomic E-state index is 12.6. The molecule has 8 heteroatoms. The van der Waals surface area contributed by atoms with Crippen molar-refractivity contribution in [2.45, 2.75) is 37.7 Å². The molecule has 2 aromatic carbocycles. The van der Waals surface area contributed by atoms with Crippen LogP contribution in [0.5, 0.6) is 0 Å². The van der Waals surface area contributed by atoms with Crippen LogP contribution in [0.4, 0.5) is 4.79 Å². The number of carboxylic acid groups (broad SMARTS) is 1. The first-order valence-corrected chi connectivity index (χ1v) is 11.7. The number of aliphatic hydroxyl groups excluding tert-OH is 1. The Morgan fingerprint density at radius 2 is 1.56 bits per heavy atom. The van der Waals surface area contributed by atoms with Crippen LogP contribution in [0.2, 0.25) is 0 Å². The Balaban J connectivity index is 1.30. The van der Waals surface area contributed by atoms with Crippen LogP contribution >= 0.6 is 0 Å². The summed E-state index contributed by atoms with van der Waals surface area (Å²) in [5.74, 6) is -2.11. The van der Waals surface area contributed by atoms with Gasteiger partial charge in [-0.15, -0.1) is 0 Å². The van der Waals surface area contributed by atoms with Crippen LogP contribution in [0, 0.1) is 11.8 Å². The van der Waals surface area contributed by atoms with Crippen LogP contribution in [0.1, 0.15) is 42.7 Å². The third kappa shape index (κ3) is 5.22. The molecule has 8 nitrogen and oxygen atoms in total. The first-order valence-electron chi connectivity index (χ1n) is 11.7. The third-order valence-electron chi connectivity index (χ3n) is 6.85. The Morgan fingerprint density at radius 3 is 2.21 bits per heavy atom. The van der Waals surface area contributed by atoms with Crippen molar-refractivity contribution < 1.29 is 29.3 Å². The fourth-order valence-corrected chi connectivity index (χ4v) is 5.08. The highest BCUT2D eigenvalue weighted by Gasteiger charge is 2.32. The number of aliphatic hydroxyl groups is 1. The van der Waals surface area contributed by atoms with Crippen molar-refractivity contribution >= 4 is 18.0 Å². The molecule has 4 N–H and O–H groups in total. The quantitative estimate of drug-likeness (QED) is 0.474. The highest BCUT2D eigenvalue weighted by molar-refractivity contribution is 5.81. The number of amides is 2. The number of nitrogens with one attached hydrogen (secondary N) is 2. The molecule has 2 aliphatic carbocycles. The molecule has 2 aliphatic rings. The minimum atomic E-state index is -1.63. The number of benzene rings is 2. The number of alkyl carbamates (subject to hydrolysis) is 1. The van der Waals surface area contributed by atoms with Crippen molar-refractivity contribution in [3.05, 3.63) is 59.7 Å². The minimum Gasteiger partial charge on any atom is -0.479 e. The van der Waals surface area contributed by atoms with E-state index >= 15 is 0 Å². The van der Waals surface area contributed by atoms with E-state index in [1.165, 1.54) is 0 Å². The lowest BCUT2D eigenvalue weighted by Crippen LogP contribution is -2.44. The van der Waals surface area contributed by atoms with Crippen molar-refractivity contribution in [2.24, 2.45) is 11.8 Å². The first-order chi connectivity index (χ1) is 16.5. The summed E-state index contributed by atoms with van der Waals surface area (Å²) in [6.07, 6.45) is 1.13. The van der Waals surface area contributed by atoms with Crippen molar-refractivity contribution in [3.63, 3.8) is 0 Å². The average Bonchev–Trinajstić information content (AvgIpc) is 3.18. The molecule has 0 heterocycles. The molecular formula is C26H30N2O6. The fourth-order valence-electron chi connectivity index (χ4n) is 5.08. The predicted molar refractivity (Wildman–Crippen MR) is 125 cm³/mol. The van der Waals surface area contributed by atoms with E-state index in [1.807, 2.05) is 24.3 Å². The van der Waals surface area contributed by atoms with Crippen molar-refractivity contribution in [1.29, 1.82) is 0 Å². The topological polar surface area (TPSA) is 125 Å². The molecule has 2 amide bonds. The van der Waals surface area contributed by atoms with Crippen LogP contribution in [-0.2, 0) is 14.3 Å². The summed E-state index contributed by atoms with van der Waals surface area (Å²) < 4.78 is 5.58. The zero-order chi connectivity index (χ0) is 24.1. The zero-order valence-corrected chi connectivity index (χ0v) is 18.9. The molecule has 34 heavy (non-hydrogen) atoms. The van der Waals surface area contributed by atoms with E-state index in [9.17, 15) is 19.5 Å². The van der Waals surface area contributed by atoms with E-state index in [-0.39, 0.29) is 36.8 Å². The number of carboxylic acids is 1. The van der Waals surface area contributed by atoms with Gasteiger partial charge in [-0.1, -0.05) is 61.4 Å². The van der Waals surface area contributed by atoms with Gasteiger partial charge in [-0.25, -0.2) is 9.59 Å². The molecule has 1 saturated carbocycles. The number of ether oxygens (including phenoxy) is 1.